The van der Waals surface area contributed by atoms with Crippen LogP contribution in [0, 0.1) is 0 Å². The predicted octanol–water partition coefficient (Wildman–Crippen LogP) is 2.03. The average Bonchev–Trinajstić information content (AvgIpc) is 2.83. The first-order valence-electron chi connectivity index (χ1n) is 7.89. The zero-order chi connectivity index (χ0) is 17.2. The summed E-state index contributed by atoms with van der Waals surface area (Å²) in [5, 5.41) is 2.59. The first-order chi connectivity index (χ1) is 10.8. The first-order valence-corrected chi connectivity index (χ1v) is 7.89. The van der Waals surface area contributed by atoms with E-state index in [2.05, 4.69) is 26.1 Å². The number of fused-ring (bicyclic) bond motifs is 1. The van der Waals surface area contributed by atoms with E-state index in [0.29, 0.717) is 18.5 Å². The zero-order valence-electron chi connectivity index (χ0n) is 14.2. The fourth-order valence-electron chi connectivity index (χ4n) is 3.13. The molecule has 124 valence electrons. The Labute approximate surface area is 137 Å². The highest BCUT2D eigenvalue weighted by atomic mass is 16.2. The molecule has 0 fully saturated rings. The molecule has 1 heterocycles. The van der Waals surface area contributed by atoms with Crippen LogP contribution in [0.15, 0.2) is 18.2 Å². The van der Waals surface area contributed by atoms with E-state index in [4.69, 9.17) is 0 Å². The zero-order valence-corrected chi connectivity index (χ0v) is 14.2. The highest BCUT2D eigenvalue weighted by Crippen LogP contribution is 2.34. The van der Waals surface area contributed by atoms with Crippen molar-refractivity contribution in [2.75, 3.05) is 7.05 Å². The van der Waals surface area contributed by atoms with E-state index in [1.807, 2.05) is 18.2 Å². The second kappa shape index (κ2) is 6.52. The van der Waals surface area contributed by atoms with E-state index < -0.39 is 6.04 Å². The molecule has 0 radical (unpaired) electrons. The van der Waals surface area contributed by atoms with Gasteiger partial charge in [-0.05, 0) is 29.0 Å². The molecule has 2 amide bonds. The van der Waals surface area contributed by atoms with Crippen LogP contribution in [0.1, 0.15) is 55.1 Å². The fourth-order valence-corrected chi connectivity index (χ4v) is 3.13. The van der Waals surface area contributed by atoms with Crippen molar-refractivity contribution in [2.45, 2.75) is 51.6 Å². The van der Waals surface area contributed by atoms with E-state index in [0.717, 1.165) is 17.4 Å². The molecule has 0 saturated heterocycles. The summed E-state index contributed by atoms with van der Waals surface area (Å²) in [5.74, 6) is -0.365. The molecule has 0 saturated carbocycles. The summed E-state index contributed by atoms with van der Waals surface area (Å²) in [6.07, 6.45) is 1.38. The number of carbonyl (C=O) groups excluding carboxylic acids is 3. The number of amides is 2. The average molecular weight is 316 g/mol. The van der Waals surface area contributed by atoms with Gasteiger partial charge in [0.1, 0.15) is 12.3 Å². The predicted molar refractivity (Wildman–Crippen MR) is 88.2 cm³/mol. The van der Waals surface area contributed by atoms with Crippen LogP contribution in [0.3, 0.4) is 0 Å². The fraction of sp³-hybridized carbons (Fsp3) is 0.500. The van der Waals surface area contributed by atoms with Gasteiger partial charge < -0.3 is 15.0 Å². The lowest BCUT2D eigenvalue weighted by Crippen LogP contribution is -2.46. The third-order valence-electron chi connectivity index (χ3n) is 4.29. The molecule has 0 aromatic heterocycles. The lowest BCUT2D eigenvalue weighted by atomic mass is 9.83. The molecule has 1 atom stereocenters. The molecule has 1 aromatic rings. The Hall–Kier alpha value is -2.17. The topological polar surface area (TPSA) is 66.5 Å². The number of hydrogen-bond acceptors (Lipinski definition) is 3. The van der Waals surface area contributed by atoms with E-state index in [1.165, 1.54) is 0 Å². The Morgan fingerprint density at radius 1 is 1.39 bits per heavy atom. The van der Waals surface area contributed by atoms with Crippen molar-refractivity contribution in [3.05, 3.63) is 34.9 Å². The number of likely N-dealkylation sites (N-methyl/N-ethyl adjacent to an activating group) is 1. The van der Waals surface area contributed by atoms with E-state index in [-0.39, 0.29) is 23.7 Å². The largest absolute Gasteiger partial charge is 0.357 e. The minimum absolute atomic E-state index is 0.0764. The molecule has 5 nitrogen and oxygen atoms in total. The van der Waals surface area contributed by atoms with Crippen molar-refractivity contribution in [1.82, 2.24) is 10.2 Å². The molecule has 2 rings (SSSR count). The Balaban J connectivity index is 2.39. The SMILES string of the molecule is CNC(=O)C(CCC=O)N1Cc2c(cccc2C(C)(C)C)C1=O. The third kappa shape index (κ3) is 3.28. The van der Waals surface area contributed by atoms with Crippen LogP contribution in [0.4, 0.5) is 0 Å². The maximum Gasteiger partial charge on any atom is 0.255 e. The summed E-state index contributed by atoms with van der Waals surface area (Å²) in [6.45, 7) is 6.74. The number of hydrogen-bond donors (Lipinski definition) is 1. The maximum atomic E-state index is 12.8. The number of nitrogens with zero attached hydrogens (tertiary/aromatic N) is 1. The highest BCUT2D eigenvalue weighted by molar-refractivity contribution is 6.01. The normalized spacial score (nSPS) is 15.3. The van der Waals surface area contributed by atoms with Gasteiger partial charge in [0.25, 0.3) is 5.91 Å². The van der Waals surface area contributed by atoms with Gasteiger partial charge in [0.2, 0.25) is 5.91 Å². The molecule has 23 heavy (non-hydrogen) atoms. The van der Waals surface area contributed by atoms with Crippen molar-refractivity contribution in [1.29, 1.82) is 0 Å². The van der Waals surface area contributed by atoms with Crippen LogP contribution in [-0.2, 0) is 21.5 Å². The molecule has 5 heteroatoms. The van der Waals surface area contributed by atoms with Crippen molar-refractivity contribution in [3.8, 4) is 0 Å². The molecule has 1 N–H and O–H groups in total. The summed E-state index contributed by atoms with van der Waals surface area (Å²) < 4.78 is 0. The standard InChI is InChI=1S/C18H24N2O3/c1-18(2,3)14-8-5-7-12-13(14)11-20(17(12)23)15(9-6-10-21)16(22)19-4/h5,7-8,10,15H,6,9,11H2,1-4H3,(H,19,22). The highest BCUT2D eigenvalue weighted by Gasteiger charge is 2.38. The lowest BCUT2D eigenvalue weighted by molar-refractivity contribution is -0.125. The third-order valence-corrected chi connectivity index (χ3v) is 4.29. The van der Waals surface area contributed by atoms with Gasteiger partial charge in [-0.3, -0.25) is 9.59 Å². The van der Waals surface area contributed by atoms with Crippen LogP contribution >= 0.6 is 0 Å². The van der Waals surface area contributed by atoms with Gasteiger partial charge in [-0.25, -0.2) is 0 Å². The van der Waals surface area contributed by atoms with Gasteiger partial charge in [0.05, 0.1) is 0 Å². The summed E-state index contributed by atoms with van der Waals surface area (Å²) >= 11 is 0. The minimum atomic E-state index is -0.613. The Bertz CT molecular complexity index is 632. The van der Waals surface area contributed by atoms with Crippen molar-refractivity contribution in [2.24, 2.45) is 0 Å². The van der Waals surface area contributed by atoms with Gasteiger partial charge >= 0.3 is 0 Å². The summed E-state index contributed by atoms with van der Waals surface area (Å²) in [6, 6.07) is 5.13. The molecular weight excluding hydrogens is 292 g/mol. The van der Waals surface area contributed by atoms with Crippen LogP contribution in [-0.4, -0.2) is 36.1 Å². The lowest BCUT2D eigenvalue weighted by Gasteiger charge is -2.26. The molecule has 0 spiro atoms. The number of benzene rings is 1. The van der Waals surface area contributed by atoms with Crippen LogP contribution in [0.2, 0.25) is 0 Å². The molecule has 0 bridgehead atoms. The van der Waals surface area contributed by atoms with E-state index in [1.54, 1.807) is 11.9 Å². The summed E-state index contributed by atoms with van der Waals surface area (Å²) in [4.78, 5) is 37.2. The summed E-state index contributed by atoms with van der Waals surface area (Å²) in [5.41, 5.74) is 2.70. The number of carbonyl (C=O) groups is 3. The molecule has 1 unspecified atom stereocenters. The van der Waals surface area contributed by atoms with Gasteiger partial charge in [-0.2, -0.15) is 0 Å². The molecule has 1 aliphatic heterocycles. The van der Waals surface area contributed by atoms with Crippen molar-refractivity contribution < 1.29 is 14.4 Å². The molecular formula is C18H24N2O3. The van der Waals surface area contributed by atoms with Gasteiger partial charge in [0.15, 0.2) is 0 Å². The smallest absolute Gasteiger partial charge is 0.255 e. The molecule has 1 aliphatic rings. The Morgan fingerprint density at radius 2 is 2.09 bits per heavy atom. The minimum Gasteiger partial charge on any atom is -0.357 e. The molecule has 1 aromatic carbocycles. The van der Waals surface area contributed by atoms with E-state index in [9.17, 15) is 14.4 Å². The van der Waals surface area contributed by atoms with Crippen LogP contribution < -0.4 is 5.32 Å². The van der Waals surface area contributed by atoms with Gasteiger partial charge in [-0.1, -0.05) is 32.9 Å². The Kier molecular flexibility index (Phi) is 4.88. The van der Waals surface area contributed by atoms with Crippen molar-refractivity contribution >= 4 is 18.1 Å². The Morgan fingerprint density at radius 3 is 2.65 bits per heavy atom. The van der Waals surface area contributed by atoms with Gasteiger partial charge in [0, 0.05) is 25.6 Å². The number of aldehydes is 1. The monoisotopic (exact) mass is 316 g/mol. The first kappa shape index (κ1) is 17.2. The van der Waals surface area contributed by atoms with Crippen molar-refractivity contribution in [3.63, 3.8) is 0 Å². The van der Waals surface area contributed by atoms with Crippen LogP contribution in [0.5, 0.6) is 0 Å². The number of rotatable bonds is 5. The number of nitrogens with one attached hydrogen (secondary N) is 1. The van der Waals surface area contributed by atoms with E-state index >= 15 is 0 Å². The second-order valence-electron chi connectivity index (χ2n) is 6.89. The quantitative estimate of drug-likeness (QED) is 0.845. The maximum absolute atomic E-state index is 12.8. The summed E-state index contributed by atoms with van der Waals surface area (Å²) in [7, 11) is 1.55. The second-order valence-corrected chi connectivity index (χ2v) is 6.89. The van der Waals surface area contributed by atoms with Gasteiger partial charge in [-0.15, -0.1) is 0 Å². The molecule has 0 aliphatic carbocycles. The van der Waals surface area contributed by atoms with Crippen LogP contribution in [0.25, 0.3) is 0 Å².